The van der Waals surface area contributed by atoms with Crippen molar-refractivity contribution in [2.75, 3.05) is 6.61 Å². The second kappa shape index (κ2) is 13.6. The maximum absolute atomic E-state index is 10.4. The molecule has 0 amide bonds. The minimum Gasteiger partial charge on any atom is -0.389 e. The summed E-state index contributed by atoms with van der Waals surface area (Å²) in [5.41, 5.74) is 1.81. The van der Waals surface area contributed by atoms with Crippen LogP contribution < -0.4 is 0 Å². The van der Waals surface area contributed by atoms with Gasteiger partial charge in [-0.15, -0.1) is 0 Å². The Bertz CT molecular complexity index is 806. The second-order valence-electron chi connectivity index (χ2n) is 7.56. The average molecular weight is 491 g/mol. The van der Waals surface area contributed by atoms with Crippen molar-refractivity contribution in [3.63, 3.8) is 0 Å². The highest BCUT2D eigenvalue weighted by Crippen LogP contribution is 2.24. The topological polar surface area (TPSA) is 90.2 Å². The average Bonchev–Trinajstić information content (AvgIpc) is 2.77. The van der Waals surface area contributed by atoms with Crippen LogP contribution in [0, 0.1) is 5.92 Å². The minimum atomic E-state index is -0.907. The van der Waals surface area contributed by atoms with E-state index in [0.717, 1.165) is 15.6 Å². The van der Waals surface area contributed by atoms with E-state index in [2.05, 4.69) is 15.9 Å². The van der Waals surface area contributed by atoms with Crippen LogP contribution in [-0.4, -0.2) is 45.3 Å². The summed E-state index contributed by atoms with van der Waals surface area (Å²) >= 11 is 3.37. The van der Waals surface area contributed by atoms with Crippen LogP contribution in [0.3, 0.4) is 0 Å². The molecule has 0 fully saturated rings. The molecule has 6 heteroatoms. The van der Waals surface area contributed by atoms with Gasteiger partial charge in [0.05, 0.1) is 37.6 Å². The van der Waals surface area contributed by atoms with Gasteiger partial charge in [-0.3, -0.25) is 0 Å². The Kier molecular flexibility index (Phi) is 11.2. The Morgan fingerprint density at radius 2 is 1.39 bits per heavy atom. The van der Waals surface area contributed by atoms with E-state index in [1.165, 1.54) is 12.2 Å². The van der Waals surface area contributed by atoms with Gasteiger partial charge in [-0.2, -0.15) is 0 Å². The molecule has 0 saturated heterocycles. The number of rotatable bonds is 12. The predicted octanol–water partition coefficient (Wildman–Crippen LogP) is 3.92. The van der Waals surface area contributed by atoms with Crippen molar-refractivity contribution in [3.05, 3.63) is 94.5 Å². The van der Waals surface area contributed by atoms with E-state index < -0.39 is 24.4 Å². The standard InChI is InChI=1S/C25H31BrO5/c1-18(25(30)20-8-10-21(26)11-9-20)7-12-22(27)15-23(28)13-14-24(29)17-31-16-19-5-3-2-4-6-19/h2-14,18,22-25,27-30H,15-17H2,1H3/b12-7+,14-13-/t18-,22-,23-,24+,25+/m1/s1. The number of halogens is 1. The second-order valence-corrected chi connectivity index (χ2v) is 8.48. The van der Waals surface area contributed by atoms with E-state index in [0.29, 0.717) is 6.61 Å². The first-order valence-electron chi connectivity index (χ1n) is 10.3. The third kappa shape index (κ3) is 9.91. The molecule has 0 aromatic heterocycles. The van der Waals surface area contributed by atoms with Crippen LogP contribution in [0.1, 0.15) is 30.6 Å². The van der Waals surface area contributed by atoms with Gasteiger partial charge < -0.3 is 25.2 Å². The van der Waals surface area contributed by atoms with Gasteiger partial charge in [-0.25, -0.2) is 0 Å². The Hall–Kier alpha value is -1.80. The maximum Gasteiger partial charge on any atom is 0.0955 e. The van der Waals surface area contributed by atoms with E-state index in [1.54, 1.807) is 12.2 Å². The number of aliphatic hydroxyl groups is 4. The van der Waals surface area contributed by atoms with Crippen molar-refractivity contribution in [1.82, 2.24) is 0 Å². The number of benzene rings is 2. The van der Waals surface area contributed by atoms with Gasteiger partial charge in [-0.05, 0) is 23.3 Å². The molecule has 2 aromatic carbocycles. The molecule has 0 bridgehead atoms. The Balaban J connectivity index is 1.71. The van der Waals surface area contributed by atoms with E-state index >= 15 is 0 Å². The van der Waals surface area contributed by atoms with Gasteiger partial charge in [0.1, 0.15) is 0 Å². The predicted molar refractivity (Wildman–Crippen MR) is 125 cm³/mol. The first-order valence-corrected chi connectivity index (χ1v) is 11.1. The van der Waals surface area contributed by atoms with Crippen LogP contribution in [0.4, 0.5) is 0 Å². The Labute approximate surface area is 192 Å². The molecule has 2 rings (SSSR count). The van der Waals surface area contributed by atoms with Gasteiger partial charge in [0.15, 0.2) is 0 Å². The number of ether oxygens (including phenoxy) is 1. The van der Waals surface area contributed by atoms with E-state index in [9.17, 15) is 20.4 Å². The van der Waals surface area contributed by atoms with Crippen molar-refractivity contribution in [1.29, 1.82) is 0 Å². The van der Waals surface area contributed by atoms with Gasteiger partial charge in [0, 0.05) is 16.8 Å². The molecule has 0 saturated carbocycles. The first-order chi connectivity index (χ1) is 14.8. The van der Waals surface area contributed by atoms with Crippen molar-refractivity contribution < 1.29 is 25.2 Å². The van der Waals surface area contributed by atoms with Crippen LogP contribution in [0.15, 0.2) is 83.4 Å². The number of hydrogen-bond acceptors (Lipinski definition) is 5. The lowest BCUT2D eigenvalue weighted by atomic mass is 9.96. The zero-order valence-electron chi connectivity index (χ0n) is 17.6. The van der Waals surface area contributed by atoms with Gasteiger partial charge in [0.25, 0.3) is 0 Å². The normalized spacial score (nSPS) is 17.0. The minimum absolute atomic E-state index is 0.0890. The molecule has 168 valence electrons. The molecular weight excluding hydrogens is 460 g/mol. The molecule has 0 heterocycles. The molecule has 0 aliphatic carbocycles. The Morgan fingerprint density at radius 3 is 2.03 bits per heavy atom. The van der Waals surface area contributed by atoms with Gasteiger partial charge >= 0.3 is 0 Å². The largest absolute Gasteiger partial charge is 0.389 e. The fourth-order valence-electron chi connectivity index (χ4n) is 2.96. The number of hydrogen-bond donors (Lipinski definition) is 4. The molecule has 0 spiro atoms. The summed E-state index contributed by atoms with van der Waals surface area (Å²) in [7, 11) is 0. The summed E-state index contributed by atoms with van der Waals surface area (Å²) in [4.78, 5) is 0. The zero-order chi connectivity index (χ0) is 22.6. The molecule has 5 atom stereocenters. The maximum atomic E-state index is 10.4. The molecule has 31 heavy (non-hydrogen) atoms. The highest BCUT2D eigenvalue weighted by atomic mass is 79.9. The third-order valence-electron chi connectivity index (χ3n) is 4.78. The van der Waals surface area contributed by atoms with Gasteiger partial charge in [0.2, 0.25) is 0 Å². The quantitative estimate of drug-likeness (QED) is 0.338. The summed E-state index contributed by atoms with van der Waals surface area (Å²) in [5, 5.41) is 40.6. The summed E-state index contributed by atoms with van der Waals surface area (Å²) in [6.07, 6.45) is 3.01. The molecule has 0 radical (unpaired) electrons. The SMILES string of the molecule is C[C@H](/C=C/[C@@H](O)C[C@H](O)/C=C\[C@H](O)COCc1ccccc1)[C@H](O)c1ccc(Br)cc1. The van der Waals surface area contributed by atoms with Crippen LogP contribution in [0.25, 0.3) is 0 Å². The summed E-state index contributed by atoms with van der Waals surface area (Å²) in [6, 6.07) is 17.1. The van der Waals surface area contributed by atoms with E-state index in [4.69, 9.17) is 4.74 Å². The smallest absolute Gasteiger partial charge is 0.0955 e. The van der Waals surface area contributed by atoms with Crippen LogP contribution in [0.5, 0.6) is 0 Å². The first kappa shape index (κ1) is 25.5. The molecule has 0 aliphatic rings. The summed E-state index contributed by atoms with van der Waals surface area (Å²) < 4.78 is 6.40. The summed E-state index contributed by atoms with van der Waals surface area (Å²) in [6.45, 7) is 2.38. The fraction of sp³-hybridized carbons (Fsp3) is 0.360. The fourth-order valence-corrected chi connectivity index (χ4v) is 3.23. The lowest BCUT2D eigenvalue weighted by molar-refractivity contribution is 0.0495. The van der Waals surface area contributed by atoms with Crippen molar-refractivity contribution in [2.24, 2.45) is 5.92 Å². The van der Waals surface area contributed by atoms with Crippen LogP contribution in [0.2, 0.25) is 0 Å². The molecular formula is C25H31BrO5. The lowest BCUT2D eigenvalue weighted by Gasteiger charge is -2.17. The van der Waals surface area contributed by atoms with Crippen molar-refractivity contribution >= 4 is 15.9 Å². The highest BCUT2D eigenvalue weighted by Gasteiger charge is 2.15. The van der Waals surface area contributed by atoms with Crippen molar-refractivity contribution in [2.45, 2.75) is 44.4 Å². The molecule has 2 aromatic rings. The third-order valence-corrected chi connectivity index (χ3v) is 5.31. The van der Waals surface area contributed by atoms with Crippen LogP contribution >= 0.6 is 15.9 Å². The van der Waals surface area contributed by atoms with E-state index in [-0.39, 0.29) is 18.9 Å². The molecule has 5 nitrogen and oxygen atoms in total. The molecule has 0 unspecified atom stereocenters. The Morgan fingerprint density at radius 1 is 0.806 bits per heavy atom. The van der Waals surface area contributed by atoms with Gasteiger partial charge in [-0.1, -0.05) is 89.6 Å². The molecule has 4 N–H and O–H groups in total. The highest BCUT2D eigenvalue weighted by molar-refractivity contribution is 9.10. The number of aliphatic hydroxyl groups excluding tert-OH is 4. The lowest BCUT2D eigenvalue weighted by Crippen LogP contribution is -2.17. The van der Waals surface area contributed by atoms with Crippen molar-refractivity contribution in [3.8, 4) is 0 Å². The monoisotopic (exact) mass is 490 g/mol. The summed E-state index contributed by atoms with van der Waals surface area (Å²) in [5.74, 6) is -0.202. The molecule has 0 aliphatic heterocycles. The van der Waals surface area contributed by atoms with E-state index in [1.807, 2.05) is 61.5 Å². The zero-order valence-corrected chi connectivity index (χ0v) is 19.2. The van der Waals surface area contributed by atoms with Crippen LogP contribution in [-0.2, 0) is 11.3 Å².